The molecule has 35 heavy (non-hydrogen) atoms. The minimum Gasteiger partial charge on any atom is -0.502 e. The number of hydrogen-bond acceptors (Lipinski definition) is 12. The summed E-state index contributed by atoms with van der Waals surface area (Å²) in [7, 11) is 2.76. The maximum absolute atomic E-state index is 12.2. The molecule has 2 fully saturated rings. The Bertz CT molecular complexity index is 823. The highest BCUT2D eigenvalue weighted by atomic mass is 16.7. The molecule has 1 saturated carbocycles. The third-order valence-electron chi connectivity index (χ3n) is 6.30. The van der Waals surface area contributed by atoms with Crippen molar-refractivity contribution in [1.29, 1.82) is 0 Å². The molecular formula is C23H34O12. The lowest BCUT2D eigenvalue weighted by atomic mass is 9.99. The van der Waals surface area contributed by atoms with E-state index in [1.54, 1.807) is 0 Å². The summed E-state index contributed by atoms with van der Waals surface area (Å²) in [5, 5.41) is 60.9. The van der Waals surface area contributed by atoms with E-state index >= 15 is 0 Å². The summed E-state index contributed by atoms with van der Waals surface area (Å²) in [5.41, 5.74) is 0.576. The number of hydrogen-bond donors (Lipinski definition) is 6. The molecule has 198 valence electrons. The molecule has 1 heterocycles. The number of carbonyl (C=O) groups excluding carboxylic acids is 1. The SMILES string of the molecule is COc1cc(CC(O)CO[C@@H]2O[C@H](COC(=O)[C@@H]3CCC[C@H]3O)[C@@H](O)[C@H](O)[C@H]2O)cc(OC)c1O. The highest BCUT2D eigenvalue weighted by molar-refractivity contribution is 5.73. The van der Waals surface area contributed by atoms with Crippen LogP contribution in [0, 0.1) is 5.92 Å². The maximum atomic E-state index is 12.2. The molecule has 0 spiro atoms. The molecular weight excluding hydrogens is 468 g/mol. The summed E-state index contributed by atoms with van der Waals surface area (Å²) in [4.78, 5) is 12.2. The van der Waals surface area contributed by atoms with Crippen LogP contribution in [0.1, 0.15) is 24.8 Å². The van der Waals surface area contributed by atoms with Gasteiger partial charge in [0.1, 0.15) is 31.0 Å². The minimum atomic E-state index is -1.64. The van der Waals surface area contributed by atoms with Crippen molar-refractivity contribution in [3.63, 3.8) is 0 Å². The van der Waals surface area contributed by atoms with Gasteiger partial charge in [0.2, 0.25) is 5.75 Å². The number of phenolic OH excluding ortho intramolecular Hbond substituents is 1. The van der Waals surface area contributed by atoms with Crippen LogP contribution in [0.15, 0.2) is 12.1 Å². The molecule has 1 aliphatic heterocycles. The molecule has 2 aliphatic rings. The van der Waals surface area contributed by atoms with Crippen molar-refractivity contribution in [1.82, 2.24) is 0 Å². The summed E-state index contributed by atoms with van der Waals surface area (Å²) in [6, 6.07) is 3.05. The monoisotopic (exact) mass is 502 g/mol. The standard InChI is InChI=1S/C23H34O12/c1-31-15-7-11(8-16(32-2)18(15)26)6-12(24)9-34-23-21(29)20(28)19(27)17(35-23)10-33-22(30)13-4-3-5-14(13)25/h7-8,12-14,17,19-21,23-29H,3-6,9-10H2,1-2H3/t12?,13-,14-,17-,19-,20+,21-,23-/m1/s1. The van der Waals surface area contributed by atoms with E-state index in [0.29, 0.717) is 24.8 Å². The van der Waals surface area contributed by atoms with Crippen LogP contribution in [-0.4, -0.2) is 107 Å². The van der Waals surface area contributed by atoms with Crippen LogP contribution in [0.25, 0.3) is 0 Å². The van der Waals surface area contributed by atoms with Crippen LogP contribution in [0.3, 0.4) is 0 Å². The molecule has 0 radical (unpaired) electrons. The number of ether oxygens (including phenoxy) is 5. The first-order valence-electron chi connectivity index (χ1n) is 11.4. The van der Waals surface area contributed by atoms with Crippen molar-refractivity contribution in [2.45, 2.75) is 68.6 Å². The number of carbonyl (C=O) groups is 1. The van der Waals surface area contributed by atoms with Gasteiger partial charge in [0.05, 0.1) is 39.0 Å². The van der Waals surface area contributed by atoms with Crippen molar-refractivity contribution >= 4 is 5.97 Å². The maximum Gasteiger partial charge on any atom is 0.311 e. The molecule has 1 saturated heterocycles. The normalized spacial score (nSPS) is 31.7. The number of rotatable bonds is 10. The van der Waals surface area contributed by atoms with Crippen LogP contribution >= 0.6 is 0 Å². The first-order valence-corrected chi connectivity index (χ1v) is 11.4. The van der Waals surface area contributed by atoms with Gasteiger partial charge in [0, 0.05) is 6.42 Å². The van der Waals surface area contributed by atoms with Crippen molar-refractivity contribution in [2.75, 3.05) is 27.4 Å². The van der Waals surface area contributed by atoms with Gasteiger partial charge < -0.3 is 54.3 Å². The molecule has 1 aromatic rings. The second kappa shape index (κ2) is 12.2. The van der Waals surface area contributed by atoms with E-state index in [-0.39, 0.29) is 30.3 Å². The fourth-order valence-electron chi connectivity index (χ4n) is 4.28. The third kappa shape index (κ3) is 6.53. The lowest BCUT2D eigenvalue weighted by molar-refractivity contribution is -0.305. The number of esters is 1. The van der Waals surface area contributed by atoms with Crippen LogP contribution in [0.4, 0.5) is 0 Å². The van der Waals surface area contributed by atoms with E-state index in [1.165, 1.54) is 26.4 Å². The Morgan fingerprint density at radius 2 is 1.71 bits per heavy atom. The molecule has 0 bridgehead atoms. The summed E-state index contributed by atoms with van der Waals surface area (Å²) >= 11 is 0. The molecule has 1 aliphatic carbocycles. The second-order valence-corrected chi connectivity index (χ2v) is 8.79. The van der Waals surface area contributed by atoms with Gasteiger partial charge in [-0.25, -0.2) is 0 Å². The van der Waals surface area contributed by atoms with E-state index in [4.69, 9.17) is 23.7 Å². The molecule has 3 rings (SSSR count). The summed E-state index contributed by atoms with van der Waals surface area (Å²) in [5.74, 6) is -1.12. The Balaban J connectivity index is 1.55. The zero-order chi connectivity index (χ0) is 25.7. The molecule has 12 heteroatoms. The number of benzene rings is 1. The Kier molecular flexibility index (Phi) is 9.53. The number of phenols is 1. The van der Waals surface area contributed by atoms with Crippen molar-refractivity contribution in [3.05, 3.63) is 17.7 Å². The Morgan fingerprint density at radius 3 is 2.29 bits per heavy atom. The van der Waals surface area contributed by atoms with Gasteiger partial charge >= 0.3 is 5.97 Å². The zero-order valence-electron chi connectivity index (χ0n) is 19.6. The highest BCUT2D eigenvalue weighted by Gasteiger charge is 2.45. The van der Waals surface area contributed by atoms with Gasteiger partial charge in [-0.1, -0.05) is 0 Å². The molecule has 1 aromatic carbocycles. The van der Waals surface area contributed by atoms with Crippen LogP contribution < -0.4 is 9.47 Å². The lowest BCUT2D eigenvalue weighted by Gasteiger charge is -2.40. The van der Waals surface area contributed by atoms with Crippen LogP contribution in [0.5, 0.6) is 17.2 Å². The van der Waals surface area contributed by atoms with E-state index in [2.05, 4.69) is 0 Å². The lowest BCUT2D eigenvalue weighted by Crippen LogP contribution is -2.59. The first kappa shape index (κ1) is 27.4. The quantitative estimate of drug-likeness (QED) is 0.211. The smallest absolute Gasteiger partial charge is 0.311 e. The Labute approximate surface area is 202 Å². The van der Waals surface area contributed by atoms with Crippen molar-refractivity contribution < 1.29 is 59.1 Å². The summed E-state index contributed by atoms with van der Waals surface area (Å²) in [6.45, 7) is -0.723. The average Bonchev–Trinajstić information content (AvgIpc) is 3.28. The van der Waals surface area contributed by atoms with Crippen LogP contribution in [-0.2, 0) is 25.4 Å². The number of aliphatic hydroxyl groups is 5. The number of aromatic hydroxyl groups is 1. The highest BCUT2D eigenvalue weighted by Crippen LogP contribution is 2.37. The fraction of sp³-hybridized carbons (Fsp3) is 0.696. The second-order valence-electron chi connectivity index (χ2n) is 8.79. The molecule has 12 nitrogen and oxygen atoms in total. The van der Waals surface area contributed by atoms with E-state index in [1.807, 2.05) is 0 Å². The summed E-state index contributed by atoms with van der Waals surface area (Å²) < 4.78 is 26.3. The molecule has 6 N–H and O–H groups in total. The van der Waals surface area contributed by atoms with Gasteiger partial charge in [-0.15, -0.1) is 0 Å². The number of methoxy groups -OCH3 is 2. The van der Waals surface area contributed by atoms with Gasteiger partial charge in [0.15, 0.2) is 17.8 Å². The van der Waals surface area contributed by atoms with E-state index in [0.717, 1.165) is 0 Å². The first-order chi connectivity index (χ1) is 16.7. The van der Waals surface area contributed by atoms with Gasteiger partial charge in [0.25, 0.3) is 0 Å². The zero-order valence-corrected chi connectivity index (χ0v) is 19.6. The molecule has 0 amide bonds. The average molecular weight is 503 g/mol. The third-order valence-corrected chi connectivity index (χ3v) is 6.30. The van der Waals surface area contributed by atoms with Crippen LogP contribution in [0.2, 0.25) is 0 Å². The predicted octanol–water partition coefficient (Wildman–Crippen LogP) is -1.16. The van der Waals surface area contributed by atoms with Crippen molar-refractivity contribution in [2.24, 2.45) is 5.92 Å². The largest absolute Gasteiger partial charge is 0.502 e. The molecule has 0 aromatic heterocycles. The van der Waals surface area contributed by atoms with Crippen molar-refractivity contribution in [3.8, 4) is 17.2 Å². The molecule has 1 unspecified atom stereocenters. The Morgan fingerprint density at radius 1 is 1.06 bits per heavy atom. The Hall–Kier alpha value is -2.19. The molecule has 8 atom stereocenters. The summed E-state index contributed by atoms with van der Waals surface area (Å²) in [6.07, 6.45) is -7.47. The predicted molar refractivity (Wildman–Crippen MR) is 118 cm³/mol. The van der Waals surface area contributed by atoms with Gasteiger partial charge in [-0.05, 0) is 37.0 Å². The van der Waals surface area contributed by atoms with E-state index in [9.17, 15) is 35.4 Å². The number of aliphatic hydroxyl groups excluding tert-OH is 5. The van der Waals surface area contributed by atoms with Gasteiger partial charge in [-0.3, -0.25) is 4.79 Å². The van der Waals surface area contributed by atoms with E-state index < -0.39 is 61.4 Å². The minimum absolute atomic E-state index is 0.0751. The fourth-order valence-corrected chi connectivity index (χ4v) is 4.28. The topological polar surface area (TPSA) is 185 Å². The van der Waals surface area contributed by atoms with Gasteiger partial charge in [-0.2, -0.15) is 0 Å².